The molecule has 4 nitrogen and oxygen atoms in total. The first-order chi connectivity index (χ1) is 7.91. The van der Waals surface area contributed by atoms with E-state index in [1.54, 1.807) is 6.07 Å². The molecule has 1 unspecified atom stereocenters. The van der Waals surface area contributed by atoms with Gasteiger partial charge in [0.1, 0.15) is 4.90 Å². The second-order valence-corrected chi connectivity index (χ2v) is 6.76. The summed E-state index contributed by atoms with van der Waals surface area (Å²) in [5.41, 5.74) is 6.02. The molecule has 1 aromatic carbocycles. The van der Waals surface area contributed by atoms with Crippen molar-refractivity contribution in [1.29, 1.82) is 0 Å². The minimum Gasteiger partial charge on any atom is -0.399 e. The molecule has 6 heteroatoms. The summed E-state index contributed by atoms with van der Waals surface area (Å²) in [6.07, 6.45) is 0.895. The highest BCUT2D eigenvalue weighted by atomic mass is 35.5. The van der Waals surface area contributed by atoms with E-state index in [9.17, 15) is 8.42 Å². The van der Waals surface area contributed by atoms with Crippen LogP contribution in [-0.4, -0.2) is 25.8 Å². The van der Waals surface area contributed by atoms with Gasteiger partial charge >= 0.3 is 0 Å². The van der Waals surface area contributed by atoms with Crippen LogP contribution in [0.15, 0.2) is 23.1 Å². The third kappa shape index (κ3) is 2.41. The molecule has 1 fully saturated rings. The molecule has 0 aromatic heterocycles. The lowest BCUT2D eigenvalue weighted by atomic mass is 10.2. The van der Waals surface area contributed by atoms with Crippen LogP contribution in [0.2, 0.25) is 5.02 Å². The number of nitrogen functional groups attached to an aromatic ring is 1. The second-order valence-electron chi connectivity index (χ2n) is 4.45. The first-order valence-electron chi connectivity index (χ1n) is 5.46. The van der Waals surface area contributed by atoms with Crippen LogP contribution in [0.1, 0.15) is 13.3 Å². The Kier molecular flexibility index (Phi) is 3.34. The number of hydrogen-bond donors (Lipinski definition) is 1. The molecule has 0 amide bonds. The Morgan fingerprint density at radius 3 is 2.71 bits per heavy atom. The van der Waals surface area contributed by atoms with Crippen molar-refractivity contribution in [3.63, 3.8) is 0 Å². The maximum absolute atomic E-state index is 12.3. The molecule has 0 bridgehead atoms. The average Bonchev–Trinajstić information content (AvgIpc) is 2.64. The van der Waals surface area contributed by atoms with Crippen LogP contribution in [0.5, 0.6) is 0 Å². The molecule has 1 heterocycles. The fraction of sp³-hybridized carbons (Fsp3) is 0.455. The number of rotatable bonds is 2. The zero-order chi connectivity index (χ0) is 12.6. The van der Waals surface area contributed by atoms with Crippen LogP contribution in [-0.2, 0) is 10.0 Å². The fourth-order valence-corrected chi connectivity index (χ4v) is 4.08. The summed E-state index contributed by atoms with van der Waals surface area (Å²) >= 11 is 5.94. The number of nitrogens with zero attached hydrogens (tertiary/aromatic N) is 1. The maximum Gasteiger partial charge on any atom is 0.244 e. The predicted octanol–water partition coefficient (Wildman–Crippen LogP) is 1.95. The van der Waals surface area contributed by atoms with Crippen molar-refractivity contribution >= 4 is 27.3 Å². The molecule has 2 N–H and O–H groups in total. The summed E-state index contributed by atoms with van der Waals surface area (Å²) in [4.78, 5) is 0.141. The SMILES string of the molecule is CC1CCN(S(=O)(=O)c2ccc(N)cc2Cl)C1. The minimum absolute atomic E-state index is 0.141. The van der Waals surface area contributed by atoms with Crippen molar-refractivity contribution in [3.8, 4) is 0 Å². The lowest BCUT2D eigenvalue weighted by molar-refractivity contribution is 0.464. The third-order valence-corrected chi connectivity index (χ3v) is 5.31. The van der Waals surface area contributed by atoms with Crippen LogP contribution >= 0.6 is 11.6 Å². The van der Waals surface area contributed by atoms with Gasteiger partial charge in [-0.25, -0.2) is 8.42 Å². The first-order valence-corrected chi connectivity index (χ1v) is 7.28. The number of sulfonamides is 1. The van der Waals surface area contributed by atoms with Crippen molar-refractivity contribution in [1.82, 2.24) is 4.31 Å². The molecule has 2 rings (SSSR count). The highest BCUT2D eigenvalue weighted by Crippen LogP contribution is 2.29. The van der Waals surface area contributed by atoms with E-state index < -0.39 is 10.0 Å². The van der Waals surface area contributed by atoms with Crippen LogP contribution in [0.3, 0.4) is 0 Å². The Labute approximate surface area is 106 Å². The topological polar surface area (TPSA) is 63.4 Å². The van der Waals surface area contributed by atoms with E-state index in [1.807, 2.05) is 6.92 Å². The van der Waals surface area contributed by atoms with E-state index in [-0.39, 0.29) is 9.92 Å². The van der Waals surface area contributed by atoms with E-state index >= 15 is 0 Å². The minimum atomic E-state index is -3.47. The van der Waals surface area contributed by atoms with E-state index in [2.05, 4.69) is 0 Å². The second kappa shape index (κ2) is 4.48. The van der Waals surface area contributed by atoms with Crippen molar-refractivity contribution in [3.05, 3.63) is 23.2 Å². The van der Waals surface area contributed by atoms with Crippen molar-refractivity contribution in [2.24, 2.45) is 5.92 Å². The zero-order valence-electron chi connectivity index (χ0n) is 9.56. The molecule has 1 aliphatic rings. The maximum atomic E-state index is 12.3. The number of nitrogens with two attached hydrogens (primary N) is 1. The predicted molar refractivity (Wildman–Crippen MR) is 68.4 cm³/mol. The Morgan fingerprint density at radius 2 is 2.18 bits per heavy atom. The quantitative estimate of drug-likeness (QED) is 0.839. The van der Waals surface area contributed by atoms with Gasteiger partial charge in [0, 0.05) is 18.8 Å². The molecule has 1 aliphatic heterocycles. The molecular weight excluding hydrogens is 260 g/mol. The number of hydrogen-bond acceptors (Lipinski definition) is 3. The van der Waals surface area contributed by atoms with Crippen molar-refractivity contribution in [2.45, 2.75) is 18.2 Å². The van der Waals surface area contributed by atoms with E-state index in [0.717, 1.165) is 6.42 Å². The molecule has 0 aliphatic carbocycles. The monoisotopic (exact) mass is 274 g/mol. The van der Waals surface area contributed by atoms with Gasteiger partial charge in [-0.2, -0.15) is 4.31 Å². The molecule has 0 saturated carbocycles. The van der Waals surface area contributed by atoms with Crippen LogP contribution in [0.25, 0.3) is 0 Å². The lowest BCUT2D eigenvalue weighted by Gasteiger charge is -2.17. The van der Waals surface area contributed by atoms with E-state index in [1.165, 1.54) is 16.4 Å². The van der Waals surface area contributed by atoms with Gasteiger partial charge in [-0.3, -0.25) is 0 Å². The third-order valence-electron chi connectivity index (χ3n) is 2.96. The van der Waals surface area contributed by atoms with Crippen LogP contribution in [0, 0.1) is 5.92 Å². The van der Waals surface area contributed by atoms with E-state index in [4.69, 9.17) is 17.3 Å². The standard InChI is InChI=1S/C11H15ClN2O2S/c1-8-4-5-14(7-8)17(15,16)11-3-2-9(13)6-10(11)12/h2-3,6,8H,4-5,7,13H2,1H3. The smallest absolute Gasteiger partial charge is 0.244 e. The highest BCUT2D eigenvalue weighted by Gasteiger charge is 2.31. The Balaban J connectivity index is 2.38. The van der Waals surface area contributed by atoms with Crippen LogP contribution in [0.4, 0.5) is 5.69 Å². The molecule has 1 saturated heterocycles. The molecule has 0 radical (unpaired) electrons. The molecule has 17 heavy (non-hydrogen) atoms. The first kappa shape index (κ1) is 12.7. The van der Waals surface area contributed by atoms with Gasteiger partial charge in [0.25, 0.3) is 0 Å². The van der Waals surface area contributed by atoms with Gasteiger partial charge < -0.3 is 5.73 Å². The number of benzene rings is 1. The van der Waals surface area contributed by atoms with Gasteiger partial charge in [0.15, 0.2) is 0 Å². The van der Waals surface area contributed by atoms with Crippen LogP contribution < -0.4 is 5.73 Å². The van der Waals surface area contributed by atoms with Gasteiger partial charge in [-0.05, 0) is 30.5 Å². The van der Waals surface area contributed by atoms with Crippen molar-refractivity contribution < 1.29 is 8.42 Å². The summed E-state index contributed by atoms with van der Waals surface area (Å²) in [5, 5.41) is 0.185. The molecular formula is C11H15ClN2O2S. The summed E-state index contributed by atoms with van der Waals surface area (Å²) in [6.45, 7) is 3.16. The normalized spacial score (nSPS) is 21.9. The summed E-state index contributed by atoms with van der Waals surface area (Å²) in [7, 11) is -3.47. The Morgan fingerprint density at radius 1 is 1.47 bits per heavy atom. The summed E-state index contributed by atoms with van der Waals surface area (Å²) in [6, 6.07) is 4.49. The molecule has 1 aromatic rings. The number of anilines is 1. The molecule has 0 spiro atoms. The Bertz CT molecular complexity index is 530. The fourth-order valence-electron chi connectivity index (χ4n) is 1.98. The molecule has 1 atom stereocenters. The van der Waals surface area contributed by atoms with Gasteiger partial charge in [-0.15, -0.1) is 0 Å². The van der Waals surface area contributed by atoms with Gasteiger partial charge in [-0.1, -0.05) is 18.5 Å². The van der Waals surface area contributed by atoms with Gasteiger partial charge in [0.05, 0.1) is 5.02 Å². The summed E-state index contributed by atoms with van der Waals surface area (Å²) in [5.74, 6) is 0.400. The Hall–Kier alpha value is -0.780. The largest absolute Gasteiger partial charge is 0.399 e. The number of halogens is 1. The highest BCUT2D eigenvalue weighted by molar-refractivity contribution is 7.89. The average molecular weight is 275 g/mol. The van der Waals surface area contributed by atoms with E-state index in [0.29, 0.717) is 24.7 Å². The molecule has 94 valence electrons. The van der Waals surface area contributed by atoms with Gasteiger partial charge in [0.2, 0.25) is 10.0 Å². The summed E-state index contributed by atoms with van der Waals surface area (Å²) < 4.78 is 26.1. The zero-order valence-corrected chi connectivity index (χ0v) is 11.1. The van der Waals surface area contributed by atoms with Crippen molar-refractivity contribution in [2.75, 3.05) is 18.8 Å². The lowest BCUT2D eigenvalue weighted by Crippen LogP contribution is -2.28.